The van der Waals surface area contributed by atoms with E-state index in [0.29, 0.717) is 12.5 Å². The monoisotopic (exact) mass is 245 g/mol. The molecule has 0 unspecified atom stereocenters. The molecule has 3 N–H and O–H groups in total. The van der Waals surface area contributed by atoms with Crippen LogP contribution in [0.5, 0.6) is 0 Å². The largest absolute Gasteiger partial charge is 0.481 e. The molecule has 0 radical (unpaired) electrons. The first kappa shape index (κ1) is 15.7. The van der Waals surface area contributed by atoms with E-state index < -0.39 is 5.97 Å². The highest BCUT2D eigenvalue weighted by Crippen LogP contribution is 2.14. The van der Waals surface area contributed by atoms with Crippen molar-refractivity contribution in [1.82, 2.24) is 15.8 Å². The smallest absolute Gasteiger partial charge is 0.329 e. The van der Waals surface area contributed by atoms with Crippen LogP contribution in [0.3, 0.4) is 0 Å². The molecule has 0 aliphatic rings. The second-order valence-electron chi connectivity index (χ2n) is 4.81. The second kappa shape index (κ2) is 7.89. The van der Waals surface area contributed by atoms with Crippen molar-refractivity contribution in [2.45, 2.75) is 26.7 Å². The number of hydrogen-bond acceptors (Lipinski definition) is 3. The van der Waals surface area contributed by atoms with Crippen LogP contribution < -0.4 is 10.7 Å². The third-order valence-corrected chi connectivity index (χ3v) is 2.14. The first-order valence-corrected chi connectivity index (χ1v) is 5.74. The Bertz CT molecular complexity index is 254. The van der Waals surface area contributed by atoms with Crippen molar-refractivity contribution in [2.75, 3.05) is 20.6 Å². The molecule has 0 aromatic carbocycles. The highest BCUT2D eigenvalue weighted by atomic mass is 16.4. The summed E-state index contributed by atoms with van der Waals surface area (Å²) >= 11 is 0. The van der Waals surface area contributed by atoms with Crippen LogP contribution in [0.25, 0.3) is 0 Å². The van der Waals surface area contributed by atoms with Crippen molar-refractivity contribution < 1.29 is 14.7 Å². The maximum Gasteiger partial charge on any atom is 0.329 e. The molecule has 0 fully saturated rings. The SMILES string of the molecule is CC(C)C[C@H](CNC(=O)NN(C)C)CC(=O)O. The van der Waals surface area contributed by atoms with Crippen molar-refractivity contribution in [3.05, 3.63) is 0 Å². The van der Waals surface area contributed by atoms with Crippen LogP contribution in [0, 0.1) is 11.8 Å². The molecule has 6 heteroatoms. The zero-order valence-corrected chi connectivity index (χ0v) is 11.0. The van der Waals surface area contributed by atoms with Gasteiger partial charge in [-0.2, -0.15) is 0 Å². The summed E-state index contributed by atoms with van der Waals surface area (Å²) in [6.07, 6.45) is 0.870. The lowest BCUT2D eigenvalue weighted by molar-refractivity contribution is -0.138. The number of carboxylic acid groups (broad SMARTS) is 1. The highest BCUT2D eigenvalue weighted by molar-refractivity contribution is 5.73. The van der Waals surface area contributed by atoms with Gasteiger partial charge in [-0.25, -0.2) is 9.80 Å². The minimum atomic E-state index is -0.828. The molecule has 0 spiro atoms. The molecule has 0 saturated heterocycles. The third-order valence-electron chi connectivity index (χ3n) is 2.14. The van der Waals surface area contributed by atoms with Crippen LogP contribution in [0.2, 0.25) is 0 Å². The van der Waals surface area contributed by atoms with Crippen molar-refractivity contribution in [1.29, 1.82) is 0 Å². The van der Waals surface area contributed by atoms with Crippen molar-refractivity contribution >= 4 is 12.0 Å². The maximum absolute atomic E-state index is 11.3. The van der Waals surface area contributed by atoms with E-state index in [0.717, 1.165) is 6.42 Å². The first-order valence-electron chi connectivity index (χ1n) is 5.74. The van der Waals surface area contributed by atoms with Gasteiger partial charge < -0.3 is 10.4 Å². The zero-order chi connectivity index (χ0) is 13.4. The number of hydrazine groups is 1. The molecule has 1 atom stereocenters. The summed E-state index contributed by atoms with van der Waals surface area (Å²) in [6.45, 7) is 4.45. The maximum atomic E-state index is 11.3. The van der Waals surface area contributed by atoms with Gasteiger partial charge in [-0.1, -0.05) is 13.8 Å². The standard InChI is InChI=1S/C11H23N3O3/c1-8(2)5-9(6-10(15)16)7-12-11(17)13-14(3)4/h8-9H,5-7H2,1-4H3,(H,15,16)(H2,12,13,17)/t9-/m0/s1. The molecule has 100 valence electrons. The zero-order valence-electron chi connectivity index (χ0n) is 11.0. The number of carbonyl (C=O) groups is 2. The van der Waals surface area contributed by atoms with Gasteiger partial charge in [0.25, 0.3) is 0 Å². The van der Waals surface area contributed by atoms with E-state index in [1.165, 1.54) is 5.01 Å². The lowest BCUT2D eigenvalue weighted by Crippen LogP contribution is -2.45. The summed E-state index contributed by atoms with van der Waals surface area (Å²) in [5, 5.41) is 13.0. The molecule has 6 nitrogen and oxygen atoms in total. The quantitative estimate of drug-likeness (QED) is 0.582. The number of amides is 2. The lowest BCUT2D eigenvalue weighted by atomic mass is 9.94. The number of nitrogens with zero attached hydrogens (tertiary/aromatic N) is 1. The number of urea groups is 1. The van der Waals surface area contributed by atoms with Gasteiger partial charge in [0.1, 0.15) is 0 Å². The Morgan fingerprint density at radius 3 is 2.29 bits per heavy atom. The minimum Gasteiger partial charge on any atom is -0.481 e. The van der Waals surface area contributed by atoms with Crippen LogP contribution >= 0.6 is 0 Å². The average molecular weight is 245 g/mol. The molecule has 0 aromatic heterocycles. The Kier molecular flexibility index (Phi) is 7.29. The van der Waals surface area contributed by atoms with Crippen molar-refractivity contribution in [2.24, 2.45) is 11.8 Å². The average Bonchev–Trinajstić information content (AvgIpc) is 2.11. The molecule has 0 aliphatic heterocycles. The summed E-state index contributed by atoms with van der Waals surface area (Å²) < 4.78 is 0. The molecule has 0 rings (SSSR count). The van der Waals surface area contributed by atoms with Gasteiger partial charge in [-0.3, -0.25) is 10.2 Å². The van der Waals surface area contributed by atoms with Crippen molar-refractivity contribution in [3.8, 4) is 0 Å². The van der Waals surface area contributed by atoms with Crippen LogP contribution in [-0.2, 0) is 4.79 Å². The van der Waals surface area contributed by atoms with E-state index in [1.54, 1.807) is 14.1 Å². The number of rotatable bonds is 7. The van der Waals surface area contributed by atoms with E-state index in [1.807, 2.05) is 13.8 Å². The number of nitrogens with one attached hydrogen (secondary N) is 2. The van der Waals surface area contributed by atoms with Crippen molar-refractivity contribution in [3.63, 3.8) is 0 Å². The third kappa shape index (κ3) is 9.62. The van der Waals surface area contributed by atoms with E-state index in [2.05, 4.69) is 10.7 Å². The van der Waals surface area contributed by atoms with Gasteiger partial charge in [0.2, 0.25) is 0 Å². The fourth-order valence-corrected chi connectivity index (χ4v) is 1.63. The van der Waals surface area contributed by atoms with Crippen LogP contribution in [0.4, 0.5) is 4.79 Å². The topological polar surface area (TPSA) is 81.7 Å². The Morgan fingerprint density at radius 2 is 1.88 bits per heavy atom. The number of aliphatic carboxylic acids is 1. The molecule has 0 saturated carbocycles. The van der Waals surface area contributed by atoms with E-state index in [4.69, 9.17) is 5.11 Å². The predicted molar refractivity (Wildman–Crippen MR) is 65.4 cm³/mol. The van der Waals surface area contributed by atoms with Gasteiger partial charge in [0.05, 0.1) is 0 Å². The minimum absolute atomic E-state index is 0.0274. The molecule has 0 aromatic rings. The van der Waals surface area contributed by atoms with Gasteiger partial charge >= 0.3 is 12.0 Å². The van der Waals surface area contributed by atoms with Gasteiger partial charge in [-0.05, 0) is 18.3 Å². The molecule has 0 heterocycles. The predicted octanol–water partition coefficient (Wildman–Crippen LogP) is 0.899. The van der Waals surface area contributed by atoms with Crippen LogP contribution in [0.15, 0.2) is 0 Å². The summed E-state index contributed by atoms with van der Waals surface area (Å²) in [5.74, 6) is -0.441. The van der Waals surface area contributed by atoms with Crippen LogP contribution in [0.1, 0.15) is 26.7 Å². The Morgan fingerprint density at radius 1 is 1.29 bits per heavy atom. The lowest BCUT2D eigenvalue weighted by Gasteiger charge is -2.19. The molecular formula is C11H23N3O3. The van der Waals surface area contributed by atoms with E-state index >= 15 is 0 Å². The summed E-state index contributed by atoms with van der Waals surface area (Å²) in [7, 11) is 3.42. The highest BCUT2D eigenvalue weighted by Gasteiger charge is 2.16. The van der Waals surface area contributed by atoms with Gasteiger partial charge in [0.15, 0.2) is 0 Å². The first-order chi connectivity index (χ1) is 7.81. The molecule has 2 amide bonds. The Hall–Kier alpha value is -1.30. The Balaban J connectivity index is 4.06. The number of carboxylic acids is 1. The fraction of sp³-hybridized carbons (Fsp3) is 0.818. The molecule has 0 bridgehead atoms. The summed E-state index contributed by atoms with van der Waals surface area (Å²) in [4.78, 5) is 22.0. The number of carbonyl (C=O) groups excluding carboxylic acids is 1. The normalized spacial score (nSPS) is 12.6. The van der Waals surface area contributed by atoms with E-state index in [-0.39, 0.29) is 18.4 Å². The van der Waals surface area contributed by atoms with Gasteiger partial charge in [-0.15, -0.1) is 0 Å². The second-order valence-corrected chi connectivity index (χ2v) is 4.81. The fourth-order valence-electron chi connectivity index (χ4n) is 1.63. The van der Waals surface area contributed by atoms with Crippen LogP contribution in [-0.4, -0.2) is 42.8 Å². The van der Waals surface area contributed by atoms with Gasteiger partial charge in [0, 0.05) is 27.1 Å². The summed E-state index contributed by atoms with van der Waals surface area (Å²) in [6, 6.07) is -0.311. The van der Waals surface area contributed by atoms with E-state index in [9.17, 15) is 9.59 Å². The molecule has 17 heavy (non-hydrogen) atoms. The Labute approximate surface area is 102 Å². The number of hydrogen-bond donors (Lipinski definition) is 3. The summed E-state index contributed by atoms with van der Waals surface area (Å²) in [5.41, 5.74) is 2.54. The molecule has 0 aliphatic carbocycles. The molecular weight excluding hydrogens is 222 g/mol.